The quantitative estimate of drug-likeness (QED) is 0.700. The zero-order valence-electron chi connectivity index (χ0n) is 9.19. The summed E-state index contributed by atoms with van der Waals surface area (Å²) in [5, 5.41) is 0. The zero-order chi connectivity index (χ0) is 10.7. The molecular weight excluding hydrogens is 180 g/mol. The van der Waals surface area contributed by atoms with Crippen LogP contribution in [0.1, 0.15) is 27.2 Å². The second-order valence-electron chi connectivity index (χ2n) is 4.02. The van der Waals surface area contributed by atoms with E-state index in [4.69, 9.17) is 10.5 Å². The Morgan fingerprint density at radius 1 is 1.50 bits per heavy atom. The Bertz CT molecular complexity index is 198. The van der Waals surface area contributed by atoms with Gasteiger partial charge in [-0.15, -0.1) is 0 Å². The van der Waals surface area contributed by atoms with Crippen LogP contribution >= 0.6 is 0 Å². The van der Waals surface area contributed by atoms with Crippen molar-refractivity contribution in [1.82, 2.24) is 4.90 Å². The van der Waals surface area contributed by atoms with Gasteiger partial charge in [-0.2, -0.15) is 0 Å². The van der Waals surface area contributed by atoms with Gasteiger partial charge in [-0.05, 0) is 20.3 Å². The number of nitrogens with two attached hydrogens (primary N) is 1. The van der Waals surface area contributed by atoms with Gasteiger partial charge >= 0.3 is 0 Å². The predicted molar refractivity (Wildman–Crippen MR) is 54.9 cm³/mol. The van der Waals surface area contributed by atoms with Crippen LogP contribution in [0, 0.1) is 0 Å². The molecule has 1 fully saturated rings. The molecule has 4 heteroatoms. The molecule has 1 saturated heterocycles. The fraction of sp³-hybridized carbons (Fsp3) is 0.900. The summed E-state index contributed by atoms with van der Waals surface area (Å²) in [5.41, 5.74) is 5.71. The Labute approximate surface area is 85.4 Å². The number of amides is 1. The average Bonchev–Trinajstić information content (AvgIpc) is 2.14. The third kappa shape index (κ3) is 2.69. The number of rotatable bonds is 2. The Morgan fingerprint density at radius 3 is 2.43 bits per heavy atom. The van der Waals surface area contributed by atoms with E-state index in [1.54, 1.807) is 0 Å². The Balaban J connectivity index is 2.54. The van der Waals surface area contributed by atoms with E-state index in [1.807, 2.05) is 25.7 Å². The number of nitrogens with zero attached hydrogens (tertiary/aromatic N) is 1. The van der Waals surface area contributed by atoms with Crippen LogP contribution in [0.4, 0.5) is 0 Å². The van der Waals surface area contributed by atoms with Gasteiger partial charge < -0.3 is 15.4 Å². The van der Waals surface area contributed by atoms with Gasteiger partial charge in [0.25, 0.3) is 0 Å². The summed E-state index contributed by atoms with van der Waals surface area (Å²) in [7, 11) is 0. The topological polar surface area (TPSA) is 55.6 Å². The molecule has 1 heterocycles. The normalized spacial score (nSPS) is 30.1. The summed E-state index contributed by atoms with van der Waals surface area (Å²) in [5.74, 6) is 0.0505. The molecule has 0 aromatic heterocycles. The second kappa shape index (κ2) is 4.75. The maximum Gasteiger partial charge on any atom is 0.239 e. The van der Waals surface area contributed by atoms with Gasteiger partial charge in [0.1, 0.15) is 0 Å². The smallest absolute Gasteiger partial charge is 0.239 e. The molecule has 3 atom stereocenters. The van der Waals surface area contributed by atoms with Crippen molar-refractivity contribution in [2.24, 2.45) is 5.73 Å². The first-order chi connectivity index (χ1) is 6.54. The van der Waals surface area contributed by atoms with Crippen LogP contribution in [0.2, 0.25) is 0 Å². The van der Waals surface area contributed by atoms with E-state index in [0.29, 0.717) is 19.5 Å². The van der Waals surface area contributed by atoms with Gasteiger partial charge in [-0.3, -0.25) is 4.79 Å². The van der Waals surface area contributed by atoms with Crippen molar-refractivity contribution in [3.8, 4) is 0 Å². The van der Waals surface area contributed by atoms with Crippen molar-refractivity contribution in [3.63, 3.8) is 0 Å². The molecule has 2 N–H and O–H groups in total. The van der Waals surface area contributed by atoms with Crippen LogP contribution < -0.4 is 5.73 Å². The lowest BCUT2D eigenvalue weighted by Gasteiger charge is -2.36. The molecule has 4 nitrogen and oxygen atoms in total. The van der Waals surface area contributed by atoms with Crippen molar-refractivity contribution in [2.45, 2.75) is 45.4 Å². The molecule has 1 aliphatic heterocycles. The highest BCUT2D eigenvalue weighted by Crippen LogP contribution is 2.11. The van der Waals surface area contributed by atoms with E-state index in [1.165, 1.54) is 0 Å². The molecule has 14 heavy (non-hydrogen) atoms. The number of carbonyl (C=O) groups excluding carboxylic acids is 1. The first-order valence-electron chi connectivity index (χ1n) is 5.24. The summed E-state index contributed by atoms with van der Waals surface area (Å²) in [6, 6.07) is -0.354. The predicted octanol–water partition coefficient (Wildman–Crippen LogP) is 0.359. The maximum atomic E-state index is 11.8. The fourth-order valence-corrected chi connectivity index (χ4v) is 1.77. The maximum absolute atomic E-state index is 11.8. The Hall–Kier alpha value is -0.610. The van der Waals surface area contributed by atoms with Crippen molar-refractivity contribution in [1.29, 1.82) is 0 Å². The highest BCUT2D eigenvalue weighted by molar-refractivity contribution is 5.81. The van der Waals surface area contributed by atoms with Gasteiger partial charge in [-0.1, -0.05) is 6.92 Å². The van der Waals surface area contributed by atoms with Crippen LogP contribution in [0.15, 0.2) is 0 Å². The lowest BCUT2D eigenvalue weighted by atomic mass is 10.1. The van der Waals surface area contributed by atoms with Crippen LogP contribution in [0.3, 0.4) is 0 Å². The van der Waals surface area contributed by atoms with E-state index in [2.05, 4.69) is 0 Å². The second-order valence-corrected chi connectivity index (χ2v) is 4.02. The third-order valence-electron chi connectivity index (χ3n) is 2.49. The molecule has 1 amide bonds. The minimum absolute atomic E-state index is 0.0505. The standard InChI is InChI=1S/C10H20N2O2/c1-4-9(11)10(13)12-5-7(2)14-8(3)6-12/h7-9H,4-6,11H2,1-3H3/t7?,8?,9-/m0/s1. The average molecular weight is 200 g/mol. The van der Waals surface area contributed by atoms with E-state index in [0.717, 1.165) is 0 Å². The molecule has 1 rings (SSSR count). The lowest BCUT2D eigenvalue weighted by Crippen LogP contribution is -2.53. The number of ether oxygens (including phenoxy) is 1. The van der Waals surface area contributed by atoms with E-state index in [9.17, 15) is 4.79 Å². The largest absolute Gasteiger partial charge is 0.372 e. The van der Waals surface area contributed by atoms with Crippen molar-refractivity contribution < 1.29 is 9.53 Å². The summed E-state index contributed by atoms with van der Waals surface area (Å²) in [6.07, 6.45) is 0.928. The van der Waals surface area contributed by atoms with Crippen LogP contribution in [-0.2, 0) is 9.53 Å². The van der Waals surface area contributed by atoms with Crippen LogP contribution in [-0.4, -0.2) is 42.1 Å². The molecule has 1 aliphatic rings. The van der Waals surface area contributed by atoms with Crippen molar-refractivity contribution in [3.05, 3.63) is 0 Å². The number of hydrogen-bond acceptors (Lipinski definition) is 3. The molecule has 0 bridgehead atoms. The highest BCUT2D eigenvalue weighted by atomic mass is 16.5. The monoisotopic (exact) mass is 200 g/mol. The molecule has 0 spiro atoms. The Kier molecular flexibility index (Phi) is 3.89. The van der Waals surface area contributed by atoms with Crippen molar-refractivity contribution >= 4 is 5.91 Å². The van der Waals surface area contributed by atoms with Crippen molar-refractivity contribution in [2.75, 3.05) is 13.1 Å². The van der Waals surface area contributed by atoms with E-state index < -0.39 is 0 Å². The van der Waals surface area contributed by atoms with Crippen LogP contribution in [0.5, 0.6) is 0 Å². The fourth-order valence-electron chi connectivity index (χ4n) is 1.77. The summed E-state index contributed by atoms with van der Waals surface area (Å²) < 4.78 is 5.55. The highest BCUT2D eigenvalue weighted by Gasteiger charge is 2.27. The lowest BCUT2D eigenvalue weighted by molar-refractivity contribution is -0.144. The van der Waals surface area contributed by atoms with Gasteiger partial charge in [-0.25, -0.2) is 0 Å². The summed E-state index contributed by atoms with van der Waals surface area (Å²) >= 11 is 0. The van der Waals surface area contributed by atoms with Crippen LogP contribution in [0.25, 0.3) is 0 Å². The summed E-state index contributed by atoms with van der Waals surface area (Å²) in [6.45, 7) is 7.21. The van der Waals surface area contributed by atoms with Gasteiger partial charge in [0.05, 0.1) is 18.2 Å². The summed E-state index contributed by atoms with van der Waals surface area (Å²) in [4.78, 5) is 13.6. The van der Waals surface area contributed by atoms with Gasteiger partial charge in [0, 0.05) is 13.1 Å². The number of morpholine rings is 1. The molecule has 0 radical (unpaired) electrons. The van der Waals surface area contributed by atoms with Gasteiger partial charge in [0.2, 0.25) is 5.91 Å². The minimum Gasteiger partial charge on any atom is -0.372 e. The number of carbonyl (C=O) groups is 1. The molecule has 0 aliphatic carbocycles. The SMILES string of the molecule is CC[C@H](N)C(=O)N1CC(C)OC(C)C1. The molecule has 0 aromatic carbocycles. The Morgan fingerprint density at radius 2 is 2.00 bits per heavy atom. The van der Waals surface area contributed by atoms with Gasteiger partial charge in [0.15, 0.2) is 0 Å². The minimum atomic E-state index is -0.354. The first kappa shape index (κ1) is 11.5. The molecule has 0 aromatic rings. The zero-order valence-corrected chi connectivity index (χ0v) is 9.19. The van der Waals surface area contributed by atoms with E-state index >= 15 is 0 Å². The molecule has 82 valence electrons. The van der Waals surface area contributed by atoms with E-state index in [-0.39, 0.29) is 24.2 Å². The molecule has 0 saturated carbocycles. The first-order valence-corrected chi connectivity index (χ1v) is 5.24. The third-order valence-corrected chi connectivity index (χ3v) is 2.49. The molecular formula is C10H20N2O2. The molecule has 2 unspecified atom stereocenters. The number of hydrogen-bond donors (Lipinski definition) is 1.